The Morgan fingerprint density at radius 2 is 1.06 bits per heavy atom. The van der Waals surface area contributed by atoms with Crippen LogP contribution in [0.15, 0.2) is 146 Å². The van der Waals surface area contributed by atoms with Gasteiger partial charge < -0.3 is 20.1 Å². The van der Waals surface area contributed by atoms with E-state index in [1.54, 1.807) is 12.1 Å². The van der Waals surface area contributed by atoms with Crippen molar-refractivity contribution in [2.24, 2.45) is 0 Å². The summed E-state index contributed by atoms with van der Waals surface area (Å²) in [6, 6.07) is 46.6. The van der Waals surface area contributed by atoms with Crippen LogP contribution in [0.3, 0.4) is 0 Å². The zero-order valence-corrected chi connectivity index (χ0v) is 26.5. The highest BCUT2D eigenvalue weighted by molar-refractivity contribution is 5.90. The van der Waals surface area contributed by atoms with E-state index in [1.165, 1.54) is 5.56 Å². The van der Waals surface area contributed by atoms with Crippen molar-refractivity contribution in [3.63, 3.8) is 0 Å². The minimum atomic E-state index is -0.783. The molecular formula is C39H40N4O4. The number of rotatable bonds is 13. The van der Waals surface area contributed by atoms with Gasteiger partial charge in [-0.2, -0.15) is 5.01 Å². The molecule has 0 radical (unpaired) electrons. The van der Waals surface area contributed by atoms with Gasteiger partial charge >= 0.3 is 12.2 Å². The molecule has 0 fully saturated rings. The summed E-state index contributed by atoms with van der Waals surface area (Å²) in [5.74, 6) is 0. The van der Waals surface area contributed by atoms with Crippen molar-refractivity contribution < 1.29 is 19.1 Å². The second-order valence-electron chi connectivity index (χ2n) is 11.2. The lowest BCUT2D eigenvalue weighted by atomic mass is 9.77. The van der Waals surface area contributed by atoms with Crippen LogP contribution in [-0.2, 0) is 28.1 Å². The Morgan fingerprint density at radius 1 is 0.596 bits per heavy atom. The van der Waals surface area contributed by atoms with Crippen LogP contribution >= 0.6 is 0 Å². The predicted octanol–water partition coefficient (Wildman–Crippen LogP) is 8.54. The molecule has 5 rings (SSSR count). The van der Waals surface area contributed by atoms with Crippen molar-refractivity contribution in [3.8, 4) is 0 Å². The molecule has 1 atom stereocenters. The van der Waals surface area contributed by atoms with E-state index in [0.29, 0.717) is 12.2 Å². The zero-order chi connectivity index (χ0) is 32.7. The highest BCUT2D eigenvalue weighted by Crippen LogP contribution is 2.30. The number of carbonyl (C=O) groups is 2. The van der Waals surface area contributed by atoms with E-state index in [9.17, 15) is 9.59 Å². The fourth-order valence-corrected chi connectivity index (χ4v) is 5.19. The number of nitrogens with one attached hydrogen (secondary N) is 3. The highest BCUT2D eigenvalue weighted by atomic mass is 16.6. The number of hydrogen-bond acceptors (Lipinski definition) is 6. The number of benzene rings is 5. The quantitative estimate of drug-likeness (QED) is 0.113. The van der Waals surface area contributed by atoms with Gasteiger partial charge in [0, 0.05) is 29.9 Å². The van der Waals surface area contributed by atoms with Crippen molar-refractivity contribution in [1.82, 2.24) is 5.43 Å². The average molecular weight is 629 g/mol. The fraction of sp³-hybridized carbons (Fsp3) is 0.179. The Bertz CT molecular complexity index is 1670. The van der Waals surface area contributed by atoms with E-state index in [4.69, 9.17) is 9.47 Å². The van der Waals surface area contributed by atoms with Crippen molar-refractivity contribution in [1.29, 1.82) is 0 Å². The van der Waals surface area contributed by atoms with E-state index in [2.05, 4.69) is 59.4 Å². The monoisotopic (exact) mass is 628 g/mol. The van der Waals surface area contributed by atoms with Gasteiger partial charge in [0.1, 0.15) is 13.2 Å². The van der Waals surface area contributed by atoms with E-state index >= 15 is 0 Å². The molecule has 0 saturated heterocycles. The molecule has 0 spiro atoms. The van der Waals surface area contributed by atoms with Gasteiger partial charge in [-0.1, -0.05) is 116 Å². The van der Waals surface area contributed by atoms with Crippen LogP contribution in [0.5, 0.6) is 0 Å². The Balaban J connectivity index is 1.29. The summed E-state index contributed by atoms with van der Waals surface area (Å²) < 4.78 is 10.9. The largest absolute Gasteiger partial charge is 0.443 e. The first-order valence-corrected chi connectivity index (χ1v) is 15.7. The Labute approximate surface area is 276 Å². The van der Waals surface area contributed by atoms with Crippen LogP contribution in [0.25, 0.3) is 0 Å². The molecular weight excluding hydrogens is 588 g/mol. The number of amides is 2. The zero-order valence-electron chi connectivity index (χ0n) is 26.5. The molecule has 0 aliphatic rings. The molecule has 47 heavy (non-hydrogen) atoms. The van der Waals surface area contributed by atoms with Gasteiger partial charge in [0.25, 0.3) is 0 Å². The standard InChI is InChI=1S/C39H40N4O4/c1-2-39(33-19-11-5-12-20-33,29-40-34-21-13-6-14-22-34)30-41-35-23-25-36(26-24-35)43(38(45)47-28-32-17-9-4-10-18-32)42-37(44)46-27-31-15-7-3-8-16-31/h3-26,40-41H,2,27-30H2,1H3,(H,42,44)/t39-/m0/s1. The number of hydrazine groups is 1. The molecule has 240 valence electrons. The summed E-state index contributed by atoms with van der Waals surface area (Å²) in [7, 11) is 0. The third-order valence-corrected chi connectivity index (χ3v) is 8.03. The van der Waals surface area contributed by atoms with Gasteiger partial charge in [0.05, 0.1) is 5.69 Å². The van der Waals surface area contributed by atoms with Crippen molar-refractivity contribution in [2.45, 2.75) is 32.0 Å². The second-order valence-corrected chi connectivity index (χ2v) is 11.2. The second kappa shape index (κ2) is 16.5. The van der Waals surface area contributed by atoms with Gasteiger partial charge in [0.15, 0.2) is 0 Å². The maximum absolute atomic E-state index is 13.3. The number of ether oxygens (including phenoxy) is 2. The normalized spacial score (nSPS) is 11.9. The maximum Gasteiger partial charge on any atom is 0.433 e. The fourth-order valence-electron chi connectivity index (χ4n) is 5.19. The molecule has 8 heteroatoms. The smallest absolute Gasteiger partial charge is 0.433 e. The predicted molar refractivity (Wildman–Crippen MR) is 187 cm³/mol. The van der Waals surface area contributed by atoms with E-state index in [1.807, 2.05) is 97.1 Å². The molecule has 3 N–H and O–H groups in total. The summed E-state index contributed by atoms with van der Waals surface area (Å²) in [5, 5.41) is 8.29. The van der Waals surface area contributed by atoms with E-state index in [0.717, 1.165) is 40.5 Å². The molecule has 0 aliphatic heterocycles. The summed E-state index contributed by atoms with van der Waals surface area (Å²) in [4.78, 5) is 26.1. The van der Waals surface area contributed by atoms with Crippen molar-refractivity contribution >= 4 is 29.2 Å². The molecule has 8 nitrogen and oxygen atoms in total. The molecule has 0 heterocycles. The van der Waals surface area contributed by atoms with Crippen LogP contribution in [0.1, 0.15) is 30.0 Å². The number of para-hydroxylation sites is 1. The minimum Gasteiger partial charge on any atom is -0.443 e. The average Bonchev–Trinajstić information content (AvgIpc) is 3.14. The van der Waals surface area contributed by atoms with Crippen LogP contribution in [0.2, 0.25) is 0 Å². The Kier molecular flexibility index (Phi) is 11.5. The molecule has 0 aliphatic carbocycles. The highest BCUT2D eigenvalue weighted by Gasteiger charge is 2.30. The van der Waals surface area contributed by atoms with Gasteiger partial charge in [-0.15, -0.1) is 0 Å². The maximum atomic E-state index is 13.3. The summed E-state index contributed by atoms with van der Waals surface area (Å²) in [6.45, 7) is 3.71. The van der Waals surface area contributed by atoms with Gasteiger partial charge in [-0.3, -0.25) is 0 Å². The number of hydrogen-bond donors (Lipinski definition) is 3. The van der Waals surface area contributed by atoms with Crippen molar-refractivity contribution in [2.75, 3.05) is 28.7 Å². The Morgan fingerprint density at radius 3 is 1.60 bits per heavy atom. The summed E-state index contributed by atoms with van der Waals surface area (Å²) in [6.07, 6.45) is -0.626. The lowest BCUT2D eigenvalue weighted by Gasteiger charge is -2.35. The summed E-state index contributed by atoms with van der Waals surface area (Å²) >= 11 is 0. The van der Waals surface area contributed by atoms with Gasteiger partial charge in [0.2, 0.25) is 0 Å². The third-order valence-electron chi connectivity index (χ3n) is 8.03. The van der Waals surface area contributed by atoms with Crippen LogP contribution in [-0.4, -0.2) is 25.3 Å². The van der Waals surface area contributed by atoms with Gasteiger partial charge in [-0.25, -0.2) is 15.0 Å². The lowest BCUT2D eigenvalue weighted by Crippen LogP contribution is -2.47. The minimum absolute atomic E-state index is 0.0478. The molecule has 0 saturated carbocycles. The molecule has 0 aromatic heterocycles. The summed E-state index contributed by atoms with van der Waals surface area (Å²) in [5.41, 5.74) is 7.59. The molecule has 2 amide bonds. The molecule has 0 unspecified atom stereocenters. The topological polar surface area (TPSA) is 91.9 Å². The van der Waals surface area contributed by atoms with E-state index < -0.39 is 12.2 Å². The van der Waals surface area contributed by atoms with Gasteiger partial charge in [-0.05, 0) is 59.5 Å². The SMILES string of the molecule is CC[C@](CNc1ccccc1)(CNc1ccc(N(NC(=O)OCc2ccccc2)C(=O)OCc2ccccc2)cc1)c1ccccc1. The number of carbonyl (C=O) groups excluding carboxylic acids is 2. The number of anilines is 3. The van der Waals surface area contributed by atoms with Crippen LogP contribution < -0.4 is 21.1 Å². The third kappa shape index (κ3) is 9.37. The molecule has 0 bridgehead atoms. The first-order valence-electron chi connectivity index (χ1n) is 15.7. The van der Waals surface area contributed by atoms with Crippen molar-refractivity contribution in [3.05, 3.63) is 162 Å². The van der Waals surface area contributed by atoms with E-state index in [-0.39, 0.29) is 18.6 Å². The first kappa shape index (κ1) is 32.6. The molecule has 5 aromatic carbocycles. The number of nitrogens with zero attached hydrogens (tertiary/aromatic N) is 1. The lowest BCUT2D eigenvalue weighted by molar-refractivity contribution is 0.126. The van der Waals surface area contributed by atoms with Crippen LogP contribution in [0, 0.1) is 0 Å². The first-order chi connectivity index (χ1) is 23.0. The van der Waals surface area contributed by atoms with Crippen LogP contribution in [0.4, 0.5) is 26.7 Å². The Hall–Kier alpha value is -5.76. The molecule has 5 aromatic rings.